The average Bonchev–Trinajstić information content (AvgIpc) is 3.27. The molecule has 114 valence electrons. The summed E-state index contributed by atoms with van der Waals surface area (Å²) in [4.78, 5) is 27.3. The van der Waals surface area contributed by atoms with E-state index in [-0.39, 0.29) is 17.9 Å². The van der Waals surface area contributed by atoms with Crippen molar-refractivity contribution in [3.63, 3.8) is 0 Å². The van der Waals surface area contributed by atoms with E-state index in [0.717, 1.165) is 38.6 Å². The Balaban J connectivity index is 2.20. The zero-order valence-electron chi connectivity index (χ0n) is 13.1. The molecule has 2 fully saturated rings. The second kappa shape index (κ2) is 6.15. The maximum Gasteiger partial charge on any atom is 0.246 e. The van der Waals surface area contributed by atoms with E-state index in [4.69, 9.17) is 0 Å². The van der Waals surface area contributed by atoms with Gasteiger partial charge in [0.2, 0.25) is 11.8 Å². The van der Waals surface area contributed by atoms with Gasteiger partial charge in [0.25, 0.3) is 0 Å². The Morgan fingerprint density at radius 3 is 2.30 bits per heavy atom. The molecule has 0 bridgehead atoms. The number of piperazine rings is 1. The number of unbranched alkanes of at least 4 members (excludes halogenated alkanes) is 2. The van der Waals surface area contributed by atoms with Gasteiger partial charge in [-0.2, -0.15) is 0 Å². The zero-order valence-corrected chi connectivity index (χ0v) is 13.1. The monoisotopic (exact) mass is 280 g/mol. The van der Waals surface area contributed by atoms with Crippen LogP contribution in [0.5, 0.6) is 0 Å². The van der Waals surface area contributed by atoms with E-state index in [1.54, 1.807) is 0 Å². The standard InChI is InChI=1S/C16H28N2O2/c1-4-7-8-11-18-14(19)13(12-9-10-12)17-15(20)16(18,5-2)6-3/h12-13H,4-11H2,1-3H3,(H,17,20). The molecule has 0 radical (unpaired) electrons. The van der Waals surface area contributed by atoms with Crippen molar-refractivity contribution in [2.45, 2.75) is 77.3 Å². The molecule has 4 nitrogen and oxygen atoms in total. The lowest BCUT2D eigenvalue weighted by molar-refractivity contribution is -0.159. The largest absolute Gasteiger partial charge is 0.342 e. The molecule has 1 heterocycles. The van der Waals surface area contributed by atoms with Crippen LogP contribution in [0, 0.1) is 5.92 Å². The van der Waals surface area contributed by atoms with Gasteiger partial charge in [0.15, 0.2) is 0 Å². The van der Waals surface area contributed by atoms with Gasteiger partial charge in [-0.1, -0.05) is 33.6 Å². The van der Waals surface area contributed by atoms with Gasteiger partial charge in [0.1, 0.15) is 11.6 Å². The third-order valence-corrected chi connectivity index (χ3v) is 5.01. The minimum atomic E-state index is -0.615. The molecule has 0 spiro atoms. The highest BCUT2D eigenvalue weighted by Crippen LogP contribution is 2.38. The summed E-state index contributed by atoms with van der Waals surface area (Å²) in [6.45, 7) is 6.91. The molecule has 1 saturated carbocycles. The summed E-state index contributed by atoms with van der Waals surface area (Å²) in [5.41, 5.74) is -0.615. The molecule has 2 aliphatic rings. The van der Waals surface area contributed by atoms with Gasteiger partial charge < -0.3 is 10.2 Å². The predicted molar refractivity (Wildman–Crippen MR) is 79.2 cm³/mol. The van der Waals surface area contributed by atoms with Gasteiger partial charge in [0.05, 0.1) is 0 Å². The quantitative estimate of drug-likeness (QED) is 0.728. The molecule has 4 heteroatoms. The highest BCUT2D eigenvalue weighted by atomic mass is 16.2. The second-order valence-corrected chi connectivity index (χ2v) is 6.22. The lowest BCUT2D eigenvalue weighted by atomic mass is 9.85. The molecular formula is C16H28N2O2. The first kappa shape index (κ1) is 15.3. The van der Waals surface area contributed by atoms with Crippen LogP contribution >= 0.6 is 0 Å². The summed E-state index contributed by atoms with van der Waals surface area (Å²) >= 11 is 0. The summed E-state index contributed by atoms with van der Waals surface area (Å²) in [6.07, 6.45) is 6.79. The van der Waals surface area contributed by atoms with Crippen molar-refractivity contribution < 1.29 is 9.59 Å². The number of rotatable bonds is 7. The fourth-order valence-corrected chi connectivity index (χ4v) is 3.38. The molecule has 1 atom stereocenters. The van der Waals surface area contributed by atoms with E-state index in [2.05, 4.69) is 12.2 Å². The predicted octanol–water partition coefficient (Wildman–Crippen LogP) is 2.47. The van der Waals surface area contributed by atoms with Crippen molar-refractivity contribution in [3.05, 3.63) is 0 Å². The Morgan fingerprint density at radius 2 is 1.80 bits per heavy atom. The first-order chi connectivity index (χ1) is 9.60. The third kappa shape index (κ3) is 2.57. The van der Waals surface area contributed by atoms with E-state index in [1.165, 1.54) is 0 Å². The molecule has 1 aliphatic carbocycles. The summed E-state index contributed by atoms with van der Waals surface area (Å²) in [5, 5.41) is 3.01. The van der Waals surface area contributed by atoms with Gasteiger partial charge in [0, 0.05) is 6.54 Å². The molecule has 1 aliphatic heterocycles. The number of nitrogens with one attached hydrogen (secondary N) is 1. The molecule has 0 aromatic heterocycles. The maximum atomic E-state index is 12.8. The number of carbonyl (C=O) groups is 2. The third-order valence-electron chi connectivity index (χ3n) is 5.01. The SMILES string of the molecule is CCCCCN1C(=O)C(C2CC2)NC(=O)C1(CC)CC. The normalized spacial score (nSPS) is 25.8. The van der Waals surface area contributed by atoms with Crippen LogP contribution in [-0.4, -0.2) is 34.8 Å². The molecule has 2 amide bonds. The van der Waals surface area contributed by atoms with Crippen LogP contribution in [0.4, 0.5) is 0 Å². The Bertz CT molecular complexity index is 373. The fraction of sp³-hybridized carbons (Fsp3) is 0.875. The van der Waals surface area contributed by atoms with E-state index in [0.29, 0.717) is 18.8 Å². The van der Waals surface area contributed by atoms with Crippen LogP contribution in [0.15, 0.2) is 0 Å². The van der Waals surface area contributed by atoms with Gasteiger partial charge in [-0.3, -0.25) is 9.59 Å². The lowest BCUT2D eigenvalue weighted by Crippen LogP contribution is -2.70. The summed E-state index contributed by atoms with van der Waals surface area (Å²) < 4.78 is 0. The highest BCUT2D eigenvalue weighted by Gasteiger charge is 2.53. The first-order valence-corrected chi connectivity index (χ1v) is 8.23. The summed E-state index contributed by atoms with van der Waals surface area (Å²) in [5.74, 6) is 0.606. The van der Waals surface area contributed by atoms with Crippen LogP contribution in [0.2, 0.25) is 0 Å². The highest BCUT2D eigenvalue weighted by molar-refractivity contribution is 6.00. The molecule has 1 N–H and O–H groups in total. The van der Waals surface area contributed by atoms with Crippen LogP contribution in [0.1, 0.15) is 65.7 Å². The Kier molecular flexibility index (Phi) is 4.71. The number of amides is 2. The van der Waals surface area contributed by atoms with Crippen LogP contribution in [-0.2, 0) is 9.59 Å². The van der Waals surface area contributed by atoms with Crippen LogP contribution in [0.3, 0.4) is 0 Å². The van der Waals surface area contributed by atoms with E-state index in [1.807, 2.05) is 18.7 Å². The minimum absolute atomic E-state index is 0.0653. The Hall–Kier alpha value is -1.06. The minimum Gasteiger partial charge on any atom is -0.342 e. The van der Waals surface area contributed by atoms with Crippen molar-refractivity contribution in [2.75, 3.05) is 6.54 Å². The number of carbonyl (C=O) groups excluding carboxylic acids is 2. The molecule has 1 unspecified atom stereocenters. The van der Waals surface area contributed by atoms with Crippen molar-refractivity contribution in [2.24, 2.45) is 5.92 Å². The molecule has 20 heavy (non-hydrogen) atoms. The Labute approximate surface area is 122 Å². The second-order valence-electron chi connectivity index (χ2n) is 6.22. The molecule has 0 aromatic rings. The van der Waals surface area contributed by atoms with Crippen molar-refractivity contribution in [1.82, 2.24) is 10.2 Å². The van der Waals surface area contributed by atoms with E-state index in [9.17, 15) is 9.59 Å². The van der Waals surface area contributed by atoms with Gasteiger partial charge in [-0.05, 0) is 38.0 Å². The molecule has 2 rings (SSSR count). The van der Waals surface area contributed by atoms with E-state index >= 15 is 0 Å². The van der Waals surface area contributed by atoms with E-state index < -0.39 is 5.54 Å². The van der Waals surface area contributed by atoms with Crippen molar-refractivity contribution in [3.8, 4) is 0 Å². The van der Waals surface area contributed by atoms with Crippen molar-refractivity contribution in [1.29, 1.82) is 0 Å². The zero-order chi connectivity index (χ0) is 14.8. The smallest absolute Gasteiger partial charge is 0.246 e. The summed E-state index contributed by atoms with van der Waals surface area (Å²) in [6, 6.07) is -0.254. The maximum absolute atomic E-state index is 12.8. The molecular weight excluding hydrogens is 252 g/mol. The summed E-state index contributed by atoms with van der Waals surface area (Å²) in [7, 11) is 0. The van der Waals surface area contributed by atoms with Crippen LogP contribution in [0.25, 0.3) is 0 Å². The average molecular weight is 280 g/mol. The fourth-order valence-electron chi connectivity index (χ4n) is 3.38. The van der Waals surface area contributed by atoms with Gasteiger partial charge in [-0.15, -0.1) is 0 Å². The number of hydrogen-bond donors (Lipinski definition) is 1. The molecule has 1 saturated heterocycles. The van der Waals surface area contributed by atoms with Crippen LogP contribution < -0.4 is 5.32 Å². The molecule has 0 aromatic carbocycles. The topological polar surface area (TPSA) is 49.4 Å². The number of nitrogens with zero attached hydrogens (tertiary/aromatic N) is 1. The van der Waals surface area contributed by atoms with Gasteiger partial charge in [-0.25, -0.2) is 0 Å². The number of hydrogen-bond acceptors (Lipinski definition) is 2. The van der Waals surface area contributed by atoms with Gasteiger partial charge >= 0.3 is 0 Å². The Morgan fingerprint density at radius 1 is 1.15 bits per heavy atom. The first-order valence-electron chi connectivity index (χ1n) is 8.23. The lowest BCUT2D eigenvalue weighted by Gasteiger charge is -2.48. The van der Waals surface area contributed by atoms with Crippen molar-refractivity contribution >= 4 is 11.8 Å².